The zero-order chi connectivity index (χ0) is 22.7. The molecule has 4 aromatic rings. The van der Waals surface area contributed by atoms with E-state index >= 15 is 0 Å². The molecule has 1 N–H and O–H groups in total. The maximum Gasteiger partial charge on any atom is 0.294 e. The van der Waals surface area contributed by atoms with Crippen LogP contribution in [0.2, 0.25) is 0 Å². The van der Waals surface area contributed by atoms with E-state index in [1.54, 1.807) is 0 Å². The highest BCUT2D eigenvalue weighted by Gasteiger charge is 2.15. The Morgan fingerprint density at radius 1 is 0.625 bits per heavy atom. The smallest absolute Gasteiger partial charge is 0.294 e. The lowest BCUT2D eigenvalue weighted by atomic mass is 10.0. The molecule has 0 heterocycles. The van der Waals surface area contributed by atoms with Crippen molar-refractivity contribution in [2.45, 2.75) is 18.7 Å². The molecule has 4 rings (SSSR count). The van der Waals surface area contributed by atoms with Crippen LogP contribution in [0.5, 0.6) is 23.0 Å². The Morgan fingerprint density at radius 3 is 1.56 bits per heavy atom. The first-order valence-corrected chi connectivity index (χ1v) is 11.4. The lowest BCUT2D eigenvalue weighted by Crippen LogP contribution is -1.97. The third-order valence-corrected chi connectivity index (χ3v) is 5.75. The van der Waals surface area contributed by atoms with Gasteiger partial charge in [0.15, 0.2) is 0 Å². The van der Waals surface area contributed by atoms with E-state index in [4.69, 9.17) is 9.47 Å². The van der Waals surface area contributed by atoms with Crippen LogP contribution in [0.3, 0.4) is 0 Å². The summed E-state index contributed by atoms with van der Waals surface area (Å²) in [6.07, 6.45) is 0. The van der Waals surface area contributed by atoms with Gasteiger partial charge in [-0.1, -0.05) is 42.5 Å². The van der Waals surface area contributed by atoms with Gasteiger partial charge in [-0.3, -0.25) is 4.55 Å². The summed E-state index contributed by atoms with van der Waals surface area (Å²) in [5.41, 5.74) is 3.77. The molecule has 0 aliphatic heterocycles. The van der Waals surface area contributed by atoms with Gasteiger partial charge in [0.25, 0.3) is 10.1 Å². The first-order valence-electron chi connectivity index (χ1n) is 9.99. The predicted octanol–water partition coefficient (Wildman–Crippen LogP) is 6.80. The Labute approximate surface area is 187 Å². The maximum atomic E-state index is 11.3. The van der Waals surface area contributed by atoms with Crippen molar-refractivity contribution in [1.29, 1.82) is 0 Å². The average Bonchev–Trinajstić information content (AvgIpc) is 2.75. The van der Waals surface area contributed by atoms with Crippen LogP contribution in [0.4, 0.5) is 0 Å². The highest BCUT2D eigenvalue weighted by molar-refractivity contribution is 7.85. The summed E-state index contributed by atoms with van der Waals surface area (Å²) in [4.78, 5) is -0.189. The predicted molar refractivity (Wildman–Crippen MR) is 124 cm³/mol. The monoisotopic (exact) mass is 446 g/mol. The van der Waals surface area contributed by atoms with Crippen LogP contribution >= 0.6 is 0 Å². The molecule has 0 saturated heterocycles. The Morgan fingerprint density at radius 2 is 1.09 bits per heavy atom. The molecule has 5 nitrogen and oxygen atoms in total. The summed E-state index contributed by atoms with van der Waals surface area (Å²) >= 11 is 0. The van der Waals surface area contributed by atoms with E-state index in [2.05, 4.69) is 0 Å². The number of aryl methyl sites for hydroxylation is 2. The summed E-state index contributed by atoms with van der Waals surface area (Å²) in [7, 11) is -4.26. The molecule has 6 heteroatoms. The molecule has 0 atom stereocenters. The molecule has 0 spiro atoms. The molecule has 0 saturated carbocycles. The van der Waals surface area contributed by atoms with Gasteiger partial charge in [-0.25, -0.2) is 0 Å². The third kappa shape index (κ3) is 4.99. The Kier molecular flexibility index (Phi) is 5.99. The first-order chi connectivity index (χ1) is 15.3. The van der Waals surface area contributed by atoms with Crippen LogP contribution in [0, 0.1) is 13.8 Å². The number of hydrogen-bond acceptors (Lipinski definition) is 4. The van der Waals surface area contributed by atoms with Gasteiger partial charge in [-0.05, 0) is 73.5 Å². The van der Waals surface area contributed by atoms with Gasteiger partial charge in [0.05, 0.1) is 4.90 Å². The van der Waals surface area contributed by atoms with Crippen molar-refractivity contribution < 1.29 is 22.4 Å². The number of hydrogen-bond donors (Lipinski definition) is 1. The summed E-state index contributed by atoms with van der Waals surface area (Å²) < 4.78 is 44.1. The molecule has 4 aromatic carbocycles. The SMILES string of the molecule is Cc1ccc(-c2ccc(C)cc2Oc2ccc(S(=O)(=O)O)cc2)c(Oc2ccccc2)c1. The van der Waals surface area contributed by atoms with Gasteiger partial charge >= 0.3 is 0 Å². The second-order valence-corrected chi connectivity index (χ2v) is 8.88. The Hall–Kier alpha value is -3.61. The highest BCUT2D eigenvalue weighted by atomic mass is 32.2. The van der Waals surface area contributed by atoms with Crippen LogP contribution < -0.4 is 9.47 Å². The maximum absolute atomic E-state index is 11.3. The van der Waals surface area contributed by atoms with E-state index in [-0.39, 0.29) is 4.90 Å². The molecule has 0 fully saturated rings. The van der Waals surface area contributed by atoms with E-state index in [1.165, 1.54) is 24.3 Å². The molecule has 0 radical (unpaired) electrons. The van der Waals surface area contributed by atoms with Crippen molar-refractivity contribution >= 4 is 10.1 Å². The van der Waals surface area contributed by atoms with Gasteiger partial charge in [0.2, 0.25) is 0 Å². The van der Waals surface area contributed by atoms with E-state index in [0.717, 1.165) is 28.0 Å². The van der Waals surface area contributed by atoms with E-state index < -0.39 is 10.1 Å². The fourth-order valence-corrected chi connectivity index (χ4v) is 3.78. The topological polar surface area (TPSA) is 72.8 Å². The van der Waals surface area contributed by atoms with Crippen molar-refractivity contribution in [3.8, 4) is 34.1 Å². The molecule has 162 valence electrons. The molecule has 0 aromatic heterocycles. The molecule has 0 bridgehead atoms. The number of benzene rings is 4. The van der Waals surface area contributed by atoms with Crippen LogP contribution in [-0.4, -0.2) is 13.0 Å². The van der Waals surface area contributed by atoms with Crippen molar-refractivity contribution in [1.82, 2.24) is 0 Å². The number of rotatable bonds is 6. The van der Waals surface area contributed by atoms with Gasteiger partial charge < -0.3 is 9.47 Å². The average molecular weight is 447 g/mol. The van der Waals surface area contributed by atoms with Crippen molar-refractivity contribution in [2.24, 2.45) is 0 Å². The summed E-state index contributed by atoms with van der Waals surface area (Å²) in [5, 5.41) is 0. The van der Waals surface area contributed by atoms with Crippen molar-refractivity contribution in [3.63, 3.8) is 0 Å². The van der Waals surface area contributed by atoms with Gasteiger partial charge in [-0.2, -0.15) is 8.42 Å². The quantitative estimate of drug-likeness (QED) is 0.330. The normalized spacial score (nSPS) is 11.2. The molecule has 0 aliphatic rings. The van der Waals surface area contributed by atoms with Gasteiger partial charge in [-0.15, -0.1) is 0 Å². The Balaban J connectivity index is 1.74. The largest absolute Gasteiger partial charge is 0.457 e. The van der Waals surface area contributed by atoms with Gasteiger partial charge in [0, 0.05) is 11.1 Å². The second-order valence-electron chi connectivity index (χ2n) is 7.46. The molecular formula is C26H22O5S. The highest BCUT2D eigenvalue weighted by Crippen LogP contribution is 2.41. The number of para-hydroxylation sites is 1. The molecular weight excluding hydrogens is 424 g/mol. The van der Waals surface area contributed by atoms with Crippen LogP contribution in [0.15, 0.2) is 95.9 Å². The van der Waals surface area contributed by atoms with Crippen molar-refractivity contribution in [2.75, 3.05) is 0 Å². The van der Waals surface area contributed by atoms with Crippen LogP contribution in [0.1, 0.15) is 11.1 Å². The summed E-state index contributed by atoms with van der Waals surface area (Å²) in [6.45, 7) is 3.97. The van der Waals surface area contributed by atoms with E-state index in [1.807, 2.05) is 80.6 Å². The van der Waals surface area contributed by atoms with Crippen molar-refractivity contribution in [3.05, 3.63) is 102 Å². The summed E-state index contributed by atoms with van der Waals surface area (Å²) in [5.74, 6) is 2.48. The first kappa shape index (κ1) is 21.6. The lowest BCUT2D eigenvalue weighted by Gasteiger charge is -2.16. The molecule has 32 heavy (non-hydrogen) atoms. The molecule has 0 unspecified atom stereocenters. The standard InChI is InChI=1S/C26H22O5S/c1-18-8-14-23(25(16-18)30-20-6-4-3-5-7-20)24-15-9-19(2)17-26(24)31-21-10-12-22(13-11-21)32(27,28)29/h3-17H,1-2H3,(H,27,28,29). The molecule has 0 amide bonds. The molecule has 0 aliphatic carbocycles. The zero-order valence-electron chi connectivity index (χ0n) is 17.6. The Bertz CT molecular complexity index is 1350. The fourth-order valence-electron chi connectivity index (χ4n) is 3.30. The number of ether oxygens (including phenoxy) is 2. The van der Waals surface area contributed by atoms with Crippen LogP contribution in [0.25, 0.3) is 11.1 Å². The lowest BCUT2D eigenvalue weighted by molar-refractivity contribution is 0.475. The zero-order valence-corrected chi connectivity index (χ0v) is 18.5. The van der Waals surface area contributed by atoms with E-state index in [9.17, 15) is 13.0 Å². The minimum atomic E-state index is -4.26. The minimum Gasteiger partial charge on any atom is -0.457 e. The second kappa shape index (κ2) is 8.86. The fraction of sp³-hybridized carbons (Fsp3) is 0.0769. The minimum absolute atomic E-state index is 0.189. The summed E-state index contributed by atoms with van der Waals surface area (Å²) in [6, 6.07) is 27.0. The van der Waals surface area contributed by atoms with Gasteiger partial charge in [0.1, 0.15) is 23.0 Å². The third-order valence-electron chi connectivity index (χ3n) is 4.88. The van der Waals surface area contributed by atoms with E-state index in [0.29, 0.717) is 17.2 Å². The van der Waals surface area contributed by atoms with Crippen LogP contribution in [-0.2, 0) is 10.1 Å².